The number of ketones is 1. The van der Waals surface area contributed by atoms with E-state index >= 15 is 0 Å². The van der Waals surface area contributed by atoms with Gasteiger partial charge in [-0.2, -0.15) is 0 Å². The van der Waals surface area contributed by atoms with Crippen LogP contribution >= 0.6 is 0 Å². The van der Waals surface area contributed by atoms with Crippen molar-refractivity contribution in [1.29, 1.82) is 0 Å². The zero-order chi connectivity index (χ0) is 16.6. The number of allylic oxidation sites excluding steroid dienone is 2. The number of hydrogen-bond acceptors (Lipinski definition) is 3. The van der Waals surface area contributed by atoms with Crippen LogP contribution in [0.5, 0.6) is 0 Å². The molecule has 0 amide bonds. The highest BCUT2D eigenvalue weighted by Gasteiger charge is 2.31. The summed E-state index contributed by atoms with van der Waals surface area (Å²) in [6.45, 7) is 7.60. The molecule has 0 radical (unpaired) electrons. The molecule has 1 aromatic rings. The van der Waals surface area contributed by atoms with Gasteiger partial charge in [0.1, 0.15) is 0 Å². The van der Waals surface area contributed by atoms with E-state index in [1.54, 1.807) is 0 Å². The van der Waals surface area contributed by atoms with E-state index < -0.39 is 0 Å². The van der Waals surface area contributed by atoms with Gasteiger partial charge in [-0.1, -0.05) is 25.1 Å². The van der Waals surface area contributed by atoms with Crippen LogP contribution in [0.3, 0.4) is 0 Å². The van der Waals surface area contributed by atoms with Gasteiger partial charge in [-0.25, -0.2) is 0 Å². The summed E-state index contributed by atoms with van der Waals surface area (Å²) in [5.41, 5.74) is 4.56. The lowest BCUT2D eigenvalue weighted by Crippen LogP contribution is -2.21. The molecule has 1 unspecified atom stereocenters. The average Bonchev–Trinajstić information content (AvgIpc) is 2.75. The van der Waals surface area contributed by atoms with E-state index in [0.717, 1.165) is 49.2 Å². The van der Waals surface area contributed by atoms with Gasteiger partial charge in [0.15, 0.2) is 5.78 Å². The molecule has 1 aliphatic heterocycles. The SMILES string of the molecule is C.Cc1cc(C)c(C2=C([O-])C(CC3CCOCC3)CC2=O)c(C)c1. The van der Waals surface area contributed by atoms with Crippen LogP contribution in [0.15, 0.2) is 17.9 Å². The van der Waals surface area contributed by atoms with Crippen molar-refractivity contribution in [3.63, 3.8) is 0 Å². The normalized spacial score (nSPS) is 22.0. The Hall–Kier alpha value is -1.61. The fourth-order valence-corrected chi connectivity index (χ4v) is 4.17. The van der Waals surface area contributed by atoms with Gasteiger partial charge in [0.05, 0.1) is 0 Å². The first-order valence-electron chi connectivity index (χ1n) is 8.57. The van der Waals surface area contributed by atoms with Crippen LogP contribution in [0.25, 0.3) is 5.57 Å². The minimum Gasteiger partial charge on any atom is -0.875 e. The Kier molecular flexibility index (Phi) is 5.87. The first-order chi connectivity index (χ1) is 11.0. The fourth-order valence-electron chi connectivity index (χ4n) is 4.17. The Balaban J connectivity index is 0.00000208. The maximum atomic E-state index is 12.9. The van der Waals surface area contributed by atoms with Crippen molar-refractivity contribution in [2.24, 2.45) is 11.8 Å². The summed E-state index contributed by atoms with van der Waals surface area (Å²) >= 11 is 0. The minimum absolute atomic E-state index is 0. The third-order valence-electron chi connectivity index (χ3n) is 5.21. The number of aryl methyl sites for hydroxylation is 3. The van der Waals surface area contributed by atoms with Crippen LogP contribution in [0.2, 0.25) is 0 Å². The number of benzene rings is 1. The first kappa shape index (κ1) is 18.7. The summed E-state index contributed by atoms with van der Waals surface area (Å²) in [7, 11) is 0. The van der Waals surface area contributed by atoms with E-state index in [1.165, 1.54) is 5.56 Å². The predicted molar refractivity (Wildman–Crippen MR) is 95.6 cm³/mol. The van der Waals surface area contributed by atoms with Crippen LogP contribution in [-0.4, -0.2) is 19.0 Å². The smallest absolute Gasteiger partial charge is 0.163 e. The molecule has 3 rings (SSSR count). The second-order valence-corrected chi connectivity index (χ2v) is 7.13. The molecule has 0 N–H and O–H groups in total. The number of carbonyl (C=O) groups is 1. The molecule has 3 nitrogen and oxygen atoms in total. The average molecular weight is 329 g/mol. The standard InChI is InChI=1S/C20H26O3.CH4/c1-12-8-13(2)18(14(3)9-12)19-17(21)11-16(20(19)22)10-15-4-6-23-7-5-15;/h8-9,15-16,22H,4-7,10-11H2,1-3H3;1H4/p-1. The van der Waals surface area contributed by atoms with Crippen LogP contribution in [-0.2, 0) is 9.53 Å². The Morgan fingerprint density at radius 3 is 2.29 bits per heavy atom. The van der Waals surface area contributed by atoms with E-state index in [2.05, 4.69) is 12.1 Å². The van der Waals surface area contributed by atoms with E-state index in [4.69, 9.17) is 4.74 Å². The number of Topliss-reactive ketones (excluding diaryl/α,β-unsaturated/α-hetero) is 1. The largest absolute Gasteiger partial charge is 0.875 e. The van der Waals surface area contributed by atoms with Crippen molar-refractivity contribution in [2.45, 2.75) is 53.9 Å². The topological polar surface area (TPSA) is 49.4 Å². The Morgan fingerprint density at radius 1 is 1.12 bits per heavy atom. The molecule has 1 atom stereocenters. The second-order valence-electron chi connectivity index (χ2n) is 7.13. The van der Waals surface area contributed by atoms with E-state index in [-0.39, 0.29) is 24.9 Å². The number of carbonyl (C=O) groups excluding carboxylic acids is 1. The highest BCUT2D eigenvalue weighted by atomic mass is 16.5. The number of ether oxygens (including phenoxy) is 1. The summed E-state index contributed by atoms with van der Waals surface area (Å²) in [5, 5.41) is 12.9. The molecule has 0 saturated carbocycles. The highest BCUT2D eigenvalue weighted by molar-refractivity contribution is 6.24. The van der Waals surface area contributed by atoms with Gasteiger partial charge in [-0.05, 0) is 68.6 Å². The lowest BCUT2D eigenvalue weighted by atomic mass is 9.88. The molecule has 24 heavy (non-hydrogen) atoms. The monoisotopic (exact) mass is 329 g/mol. The summed E-state index contributed by atoms with van der Waals surface area (Å²) in [4.78, 5) is 12.5. The fraction of sp³-hybridized carbons (Fsp3) is 0.571. The summed E-state index contributed by atoms with van der Waals surface area (Å²) in [5.74, 6) is 0.490. The van der Waals surface area contributed by atoms with Gasteiger partial charge >= 0.3 is 0 Å². The first-order valence-corrected chi connectivity index (χ1v) is 8.57. The molecule has 1 aliphatic carbocycles. The van der Waals surface area contributed by atoms with Crippen LogP contribution in [0.4, 0.5) is 0 Å². The Morgan fingerprint density at radius 2 is 1.71 bits per heavy atom. The maximum absolute atomic E-state index is 12.9. The minimum atomic E-state index is -0.124. The third-order valence-corrected chi connectivity index (χ3v) is 5.21. The molecular weight excluding hydrogens is 300 g/mol. The number of hydrogen-bond donors (Lipinski definition) is 0. The molecule has 0 aromatic heterocycles. The molecule has 1 heterocycles. The third kappa shape index (κ3) is 3.56. The van der Waals surface area contributed by atoms with Crippen molar-refractivity contribution < 1.29 is 14.6 Å². The molecule has 1 fully saturated rings. The second kappa shape index (κ2) is 7.52. The number of rotatable bonds is 3. The van der Waals surface area contributed by atoms with Crippen molar-refractivity contribution in [2.75, 3.05) is 13.2 Å². The van der Waals surface area contributed by atoms with Crippen LogP contribution in [0.1, 0.15) is 55.4 Å². The van der Waals surface area contributed by atoms with E-state index in [9.17, 15) is 9.90 Å². The zero-order valence-electron chi connectivity index (χ0n) is 14.3. The van der Waals surface area contributed by atoms with Gasteiger partial charge in [0, 0.05) is 25.2 Å². The van der Waals surface area contributed by atoms with Crippen LogP contribution in [0, 0.1) is 32.6 Å². The Bertz CT molecular complexity index is 628. The molecule has 0 spiro atoms. The molecule has 2 aliphatic rings. The molecule has 1 saturated heterocycles. The molecule has 1 aromatic carbocycles. The lowest BCUT2D eigenvalue weighted by molar-refractivity contribution is -0.313. The van der Waals surface area contributed by atoms with Crippen molar-refractivity contribution in [1.82, 2.24) is 0 Å². The van der Waals surface area contributed by atoms with Gasteiger partial charge in [-0.15, -0.1) is 5.76 Å². The summed E-state index contributed by atoms with van der Waals surface area (Å²) < 4.78 is 5.39. The quantitative estimate of drug-likeness (QED) is 0.849. The van der Waals surface area contributed by atoms with E-state index in [0.29, 0.717) is 17.9 Å². The predicted octanol–water partition coefficient (Wildman–Crippen LogP) is 3.73. The van der Waals surface area contributed by atoms with Crippen molar-refractivity contribution in [3.8, 4) is 0 Å². The highest BCUT2D eigenvalue weighted by Crippen LogP contribution is 2.39. The molecule has 132 valence electrons. The molecule has 0 bridgehead atoms. The van der Waals surface area contributed by atoms with Gasteiger partial charge in [0.2, 0.25) is 0 Å². The van der Waals surface area contributed by atoms with Gasteiger partial charge < -0.3 is 9.84 Å². The Labute approximate surface area is 145 Å². The maximum Gasteiger partial charge on any atom is 0.163 e. The molecule has 3 heteroatoms. The van der Waals surface area contributed by atoms with E-state index in [1.807, 2.05) is 20.8 Å². The molecular formula is C21H29O3-. The lowest BCUT2D eigenvalue weighted by Gasteiger charge is -2.28. The van der Waals surface area contributed by atoms with Gasteiger partial charge in [-0.3, -0.25) is 4.79 Å². The van der Waals surface area contributed by atoms with Crippen LogP contribution < -0.4 is 5.11 Å². The van der Waals surface area contributed by atoms with Crippen molar-refractivity contribution in [3.05, 3.63) is 40.1 Å². The summed E-state index contributed by atoms with van der Waals surface area (Å²) in [6.07, 6.45) is 3.24. The summed E-state index contributed by atoms with van der Waals surface area (Å²) in [6, 6.07) is 4.11. The van der Waals surface area contributed by atoms with Gasteiger partial charge in [0.25, 0.3) is 0 Å². The zero-order valence-corrected chi connectivity index (χ0v) is 14.3. The van der Waals surface area contributed by atoms with Crippen molar-refractivity contribution >= 4 is 11.4 Å².